The Hall–Kier alpha value is -4.79. The maximum absolute atomic E-state index is 12.4. The van der Waals surface area contributed by atoms with E-state index in [1.165, 1.54) is 5.56 Å². The third-order valence-corrected chi connectivity index (χ3v) is 9.24. The van der Waals surface area contributed by atoms with Crippen LogP contribution < -0.4 is 10.6 Å². The zero-order valence-electron chi connectivity index (χ0n) is 28.2. The van der Waals surface area contributed by atoms with Gasteiger partial charge in [0, 0.05) is 37.7 Å². The highest BCUT2D eigenvalue weighted by molar-refractivity contribution is 5.74. The molecule has 0 radical (unpaired) electrons. The number of hydrogen-bond donors (Lipinski definition) is 3. The largest absolute Gasteiger partial charge is 0.392 e. The summed E-state index contributed by atoms with van der Waals surface area (Å²) in [6, 6.07) is 45.0. The van der Waals surface area contributed by atoms with E-state index in [2.05, 4.69) is 90.2 Å². The number of carbonyl (C=O) groups is 1. The highest BCUT2D eigenvalue weighted by atomic mass is 16.7. The van der Waals surface area contributed by atoms with Gasteiger partial charge in [0.25, 0.3) is 0 Å². The van der Waals surface area contributed by atoms with Crippen molar-refractivity contribution in [3.8, 4) is 11.1 Å². The number of amides is 2. The fourth-order valence-electron chi connectivity index (χ4n) is 6.21. The minimum Gasteiger partial charge on any atom is -0.392 e. The summed E-state index contributed by atoms with van der Waals surface area (Å²) in [5, 5.41) is 15.4. The van der Waals surface area contributed by atoms with E-state index in [9.17, 15) is 9.90 Å². The average molecular weight is 656 g/mol. The molecular weight excluding hydrogens is 610 g/mol. The SMILES string of the molecule is C[C@@H](c1ccccc1)N(C)C[C@@H]1C[C@H](c2ccc(CO)cc2)O[C@H](c2ccc(-c3cccc(CNC(=O)NCc4ccccc4)c3)cc2)O1. The molecule has 0 saturated carbocycles. The van der Waals surface area contributed by atoms with Gasteiger partial charge >= 0.3 is 6.03 Å². The molecule has 7 nitrogen and oxygen atoms in total. The van der Waals surface area contributed by atoms with Crippen LogP contribution >= 0.6 is 0 Å². The first-order valence-electron chi connectivity index (χ1n) is 17.0. The molecule has 49 heavy (non-hydrogen) atoms. The van der Waals surface area contributed by atoms with Crippen molar-refractivity contribution in [2.75, 3.05) is 13.6 Å². The Morgan fingerprint density at radius 1 is 0.735 bits per heavy atom. The Labute approximate surface area is 289 Å². The molecule has 1 saturated heterocycles. The van der Waals surface area contributed by atoms with Crippen molar-refractivity contribution in [1.29, 1.82) is 0 Å². The third-order valence-electron chi connectivity index (χ3n) is 9.24. The number of aliphatic hydroxyl groups excluding tert-OH is 1. The summed E-state index contributed by atoms with van der Waals surface area (Å²) in [6.07, 6.45) is 0.00170. The van der Waals surface area contributed by atoms with Gasteiger partial charge in [-0.2, -0.15) is 0 Å². The second-order valence-corrected chi connectivity index (χ2v) is 12.7. The summed E-state index contributed by atoms with van der Waals surface area (Å²) < 4.78 is 13.2. The molecule has 3 N–H and O–H groups in total. The predicted molar refractivity (Wildman–Crippen MR) is 193 cm³/mol. The molecular formula is C42H45N3O4. The Kier molecular flexibility index (Phi) is 11.5. The lowest BCUT2D eigenvalue weighted by atomic mass is 9.98. The molecule has 252 valence electrons. The first kappa shape index (κ1) is 34.1. The van der Waals surface area contributed by atoms with E-state index in [1.807, 2.05) is 72.8 Å². The molecule has 1 aliphatic heterocycles. The second kappa shape index (κ2) is 16.5. The van der Waals surface area contributed by atoms with E-state index >= 15 is 0 Å². The molecule has 0 bridgehead atoms. The quantitative estimate of drug-likeness (QED) is 0.127. The first-order valence-corrected chi connectivity index (χ1v) is 17.0. The summed E-state index contributed by atoms with van der Waals surface area (Å²) in [5.41, 5.74) is 8.38. The molecule has 1 aliphatic rings. The zero-order chi connectivity index (χ0) is 34.0. The summed E-state index contributed by atoms with van der Waals surface area (Å²) >= 11 is 0. The molecule has 0 spiro atoms. The van der Waals surface area contributed by atoms with Crippen LogP contribution in [0.5, 0.6) is 0 Å². The molecule has 4 atom stereocenters. The van der Waals surface area contributed by atoms with Crippen molar-refractivity contribution in [3.05, 3.63) is 167 Å². The second-order valence-electron chi connectivity index (χ2n) is 12.7. The molecule has 6 rings (SSSR count). The van der Waals surface area contributed by atoms with E-state index in [4.69, 9.17) is 9.47 Å². The first-order chi connectivity index (χ1) is 23.9. The van der Waals surface area contributed by atoms with Crippen LogP contribution in [0.3, 0.4) is 0 Å². The highest BCUT2D eigenvalue weighted by Gasteiger charge is 2.33. The minimum absolute atomic E-state index is 0.0121. The van der Waals surface area contributed by atoms with Crippen LogP contribution in [0.1, 0.15) is 65.2 Å². The monoisotopic (exact) mass is 655 g/mol. The van der Waals surface area contributed by atoms with Crippen LogP contribution in [0.15, 0.2) is 133 Å². The van der Waals surface area contributed by atoms with Crippen LogP contribution in [-0.4, -0.2) is 35.7 Å². The molecule has 0 aliphatic carbocycles. The van der Waals surface area contributed by atoms with Crippen molar-refractivity contribution in [2.45, 2.75) is 57.6 Å². The number of rotatable bonds is 12. The van der Waals surface area contributed by atoms with Gasteiger partial charge in [0.2, 0.25) is 0 Å². The number of benzene rings is 5. The van der Waals surface area contributed by atoms with Crippen LogP contribution in [-0.2, 0) is 29.2 Å². The average Bonchev–Trinajstić information content (AvgIpc) is 3.16. The van der Waals surface area contributed by atoms with Crippen molar-refractivity contribution in [1.82, 2.24) is 15.5 Å². The predicted octanol–water partition coefficient (Wildman–Crippen LogP) is 8.08. The molecule has 7 heteroatoms. The van der Waals surface area contributed by atoms with Crippen molar-refractivity contribution in [3.63, 3.8) is 0 Å². The van der Waals surface area contributed by atoms with Gasteiger partial charge in [0.15, 0.2) is 6.29 Å². The molecule has 5 aromatic rings. The van der Waals surface area contributed by atoms with Crippen molar-refractivity contribution < 1.29 is 19.4 Å². The Balaban J connectivity index is 1.12. The van der Waals surface area contributed by atoms with Gasteiger partial charge in [0.05, 0.1) is 18.8 Å². The van der Waals surface area contributed by atoms with Gasteiger partial charge in [-0.15, -0.1) is 0 Å². The van der Waals surface area contributed by atoms with Crippen molar-refractivity contribution >= 4 is 6.03 Å². The van der Waals surface area contributed by atoms with Gasteiger partial charge in [-0.1, -0.05) is 127 Å². The van der Waals surface area contributed by atoms with Gasteiger partial charge < -0.3 is 25.2 Å². The summed E-state index contributed by atoms with van der Waals surface area (Å²) in [5.74, 6) is 0. The Morgan fingerprint density at radius 3 is 2.06 bits per heavy atom. The summed E-state index contributed by atoms with van der Waals surface area (Å²) in [7, 11) is 2.14. The lowest BCUT2D eigenvalue weighted by Gasteiger charge is -2.39. The van der Waals surface area contributed by atoms with Crippen LogP contribution in [0.4, 0.5) is 4.79 Å². The maximum Gasteiger partial charge on any atom is 0.315 e. The Morgan fingerprint density at radius 2 is 1.37 bits per heavy atom. The normalized spacial score (nSPS) is 18.2. The molecule has 0 aromatic heterocycles. The van der Waals surface area contributed by atoms with E-state index < -0.39 is 6.29 Å². The van der Waals surface area contributed by atoms with Crippen LogP contribution in [0.25, 0.3) is 11.1 Å². The fraction of sp³-hybridized carbons (Fsp3) is 0.262. The number of nitrogens with one attached hydrogen (secondary N) is 2. The van der Waals surface area contributed by atoms with Gasteiger partial charge in [0.1, 0.15) is 0 Å². The van der Waals surface area contributed by atoms with E-state index in [0.29, 0.717) is 13.1 Å². The topological polar surface area (TPSA) is 83.1 Å². The van der Waals surface area contributed by atoms with Gasteiger partial charge in [-0.05, 0) is 59.0 Å². The summed E-state index contributed by atoms with van der Waals surface area (Å²) in [4.78, 5) is 14.7. The number of urea groups is 1. The standard InChI is InChI=1S/C42H45N3O4/c1-30(34-13-7-4-8-14-34)45(2)28-39-25-40(36-18-16-32(29-46)17-19-36)49-41(48-39)37-22-20-35(21-23-37)38-15-9-12-33(24-38)27-44-42(47)43-26-31-10-5-3-6-11-31/h3-24,30,39-41,46H,25-29H2,1-2H3,(H2,43,44,47)/t30-,39-,40+,41+/m0/s1. The number of carbonyl (C=O) groups excluding carboxylic acids is 1. The number of hydrogen-bond acceptors (Lipinski definition) is 5. The van der Waals surface area contributed by atoms with Crippen molar-refractivity contribution in [2.24, 2.45) is 0 Å². The lowest BCUT2D eigenvalue weighted by Crippen LogP contribution is -2.38. The van der Waals surface area contributed by atoms with E-state index in [1.54, 1.807) is 0 Å². The minimum atomic E-state index is -0.527. The van der Waals surface area contributed by atoms with Crippen LogP contribution in [0.2, 0.25) is 0 Å². The Bertz CT molecular complexity index is 1760. The van der Waals surface area contributed by atoms with E-state index in [0.717, 1.165) is 51.9 Å². The highest BCUT2D eigenvalue weighted by Crippen LogP contribution is 2.39. The maximum atomic E-state index is 12.4. The fourth-order valence-corrected chi connectivity index (χ4v) is 6.21. The number of ether oxygens (including phenoxy) is 2. The molecule has 1 fully saturated rings. The smallest absolute Gasteiger partial charge is 0.315 e. The van der Waals surface area contributed by atoms with Gasteiger partial charge in [-0.3, -0.25) is 4.90 Å². The number of aliphatic hydroxyl groups is 1. The third kappa shape index (κ3) is 9.22. The molecule has 5 aromatic carbocycles. The number of nitrogens with zero attached hydrogens (tertiary/aromatic N) is 1. The zero-order valence-corrected chi connectivity index (χ0v) is 28.2. The van der Waals surface area contributed by atoms with Gasteiger partial charge in [-0.25, -0.2) is 4.79 Å². The molecule has 2 amide bonds. The molecule has 0 unspecified atom stereocenters. The lowest BCUT2D eigenvalue weighted by molar-refractivity contribution is -0.253. The van der Waals surface area contributed by atoms with Crippen LogP contribution in [0, 0.1) is 0 Å². The number of likely N-dealkylation sites (N-methyl/N-ethyl adjacent to an activating group) is 1. The summed E-state index contributed by atoms with van der Waals surface area (Å²) in [6.45, 7) is 3.90. The van der Waals surface area contributed by atoms with E-state index in [-0.39, 0.29) is 30.9 Å². The molecule has 1 heterocycles.